The summed E-state index contributed by atoms with van der Waals surface area (Å²) in [5.74, 6) is -0.813. The first-order chi connectivity index (χ1) is 7.06. The van der Waals surface area contributed by atoms with Crippen LogP contribution in [0.3, 0.4) is 0 Å². The van der Waals surface area contributed by atoms with E-state index in [1.54, 1.807) is 19.9 Å². The number of ether oxygens (including phenoxy) is 1. The van der Waals surface area contributed by atoms with Gasteiger partial charge in [-0.05, 0) is 26.0 Å². The molecule has 15 heavy (non-hydrogen) atoms. The number of H-pyrrole nitrogens is 1. The minimum atomic E-state index is -1.52. The van der Waals surface area contributed by atoms with E-state index in [-0.39, 0.29) is 12.2 Å². The lowest BCUT2D eigenvalue weighted by atomic mass is 10.1. The average Bonchev–Trinajstić information content (AvgIpc) is 2.17. The van der Waals surface area contributed by atoms with E-state index in [0.29, 0.717) is 5.69 Å². The van der Waals surface area contributed by atoms with Gasteiger partial charge in [-0.25, -0.2) is 4.79 Å². The Balaban J connectivity index is 2.96. The van der Waals surface area contributed by atoms with Gasteiger partial charge >= 0.3 is 5.97 Å². The van der Waals surface area contributed by atoms with Crippen LogP contribution in [0.4, 0.5) is 0 Å². The highest BCUT2D eigenvalue weighted by molar-refractivity contribution is 5.76. The fourth-order valence-corrected chi connectivity index (χ4v) is 1.15. The van der Waals surface area contributed by atoms with Crippen molar-refractivity contribution in [1.29, 1.82) is 0 Å². The number of aromatic amines is 1. The molecule has 0 aliphatic carbocycles. The highest BCUT2D eigenvalue weighted by Gasteiger charge is 2.21. The van der Waals surface area contributed by atoms with Crippen LogP contribution in [0.1, 0.15) is 24.3 Å². The molecule has 1 aromatic heterocycles. The van der Waals surface area contributed by atoms with Crippen molar-refractivity contribution in [3.63, 3.8) is 0 Å². The van der Waals surface area contributed by atoms with Crippen LogP contribution in [-0.2, 0) is 9.53 Å². The van der Waals surface area contributed by atoms with Crippen LogP contribution in [0, 0.1) is 6.92 Å². The highest BCUT2D eigenvalue weighted by Crippen LogP contribution is 2.09. The Kier molecular flexibility index (Phi) is 3.62. The second kappa shape index (κ2) is 4.75. The Morgan fingerprint density at radius 3 is 2.80 bits per heavy atom. The summed E-state index contributed by atoms with van der Waals surface area (Å²) < 4.78 is 4.60. The lowest BCUT2D eigenvalue weighted by molar-refractivity contribution is -0.153. The molecule has 0 bridgehead atoms. The van der Waals surface area contributed by atoms with E-state index in [9.17, 15) is 14.7 Å². The molecule has 1 rings (SSSR count). The third-order valence-corrected chi connectivity index (χ3v) is 1.89. The maximum atomic E-state index is 11.4. The molecular formula is C10H13NO4. The van der Waals surface area contributed by atoms with Crippen molar-refractivity contribution >= 4 is 5.97 Å². The zero-order valence-electron chi connectivity index (χ0n) is 8.61. The van der Waals surface area contributed by atoms with Gasteiger partial charge in [-0.2, -0.15) is 0 Å². The minimum Gasteiger partial charge on any atom is -0.464 e. The normalized spacial score (nSPS) is 12.2. The zero-order chi connectivity index (χ0) is 11.4. The molecule has 0 spiro atoms. The second-order valence-electron chi connectivity index (χ2n) is 3.08. The first-order valence-corrected chi connectivity index (χ1v) is 4.60. The van der Waals surface area contributed by atoms with Gasteiger partial charge in [0.2, 0.25) is 0 Å². The number of hydrogen-bond acceptors (Lipinski definition) is 4. The fourth-order valence-electron chi connectivity index (χ4n) is 1.15. The molecule has 0 aliphatic heterocycles. The first-order valence-electron chi connectivity index (χ1n) is 4.60. The van der Waals surface area contributed by atoms with Crippen LogP contribution < -0.4 is 5.56 Å². The van der Waals surface area contributed by atoms with Crippen molar-refractivity contribution in [3.05, 3.63) is 33.7 Å². The number of nitrogens with one attached hydrogen (secondary N) is 1. The average molecular weight is 211 g/mol. The Bertz CT molecular complexity index is 410. The molecule has 0 saturated carbocycles. The number of aromatic nitrogens is 1. The number of pyridine rings is 1. The third-order valence-electron chi connectivity index (χ3n) is 1.89. The Labute approximate surface area is 86.7 Å². The molecule has 0 saturated heterocycles. The lowest BCUT2D eigenvalue weighted by Crippen LogP contribution is -2.23. The quantitative estimate of drug-likeness (QED) is 0.704. The van der Waals surface area contributed by atoms with Gasteiger partial charge in [0.1, 0.15) is 0 Å². The summed E-state index contributed by atoms with van der Waals surface area (Å²) in [6, 6.07) is 3.02. The number of carbonyl (C=O) groups excluding carboxylic acids is 1. The SMILES string of the molecule is CCOC(=O)C(O)c1ccc(C)[nH]c1=O. The molecule has 1 heterocycles. The number of carbonyl (C=O) groups is 1. The van der Waals surface area contributed by atoms with Crippen LogP contribution in [0.25, 0.3) is 0 Å². The number of aliphatic hydroxyl groups excluding tert-OH is 1. The predicted molar refractivity (Wildman–Crippen MR) is 53.4 cm³/mol. The monoisotopic (exact) mass is 211 g/mol. The van der Waals surface area contributed by atoms with Crippen molar-refractivity contribution in [2.24, 2.45) is 0 Å². The third kappa shape index (κ3) is 2.66. The van der Waals surface area contributed by atoms with Gasteiger partial charge in [0.05, 0.1) is 12.2 Å². The van der Waals surface area contributed by atoms with Crippen LogP contribution >= 0.6 is 0 Å². The predicted octanol–water partition coefficient (Wildman–Crippen LogP) is 0.280. The number of esters is 1. The summed E-state index contributed by atoms with van der Waals surface area (Å²) in [6.45, 7) is 3.51. The molecule has 0 fully saturated rings. The van der Waals surface area contributed by atoms with E-state index in [4.69, 9.17) is 0 Å². The molecule has 0 aromatic carbocycles. The van der Waals surface area contributed by atoms with Crippen LogP contribution in [0.2, 0.25) is 0 Å². The highest BCUT2D eigenvalue weighted by atomic mass is 16.5. The molecule has 5 nitrogen and oxygen atoms in total. The summed E-state index contributed by atoms with van der Waals surface area (Å²) in [5.41, 5.74) is 0.189. The summed E-state index contributed by atoms with van der Waals surface area (Å²) in [4.78, 5) is 25.0. The molecular weight excluding hydrogens is 198 g/mol. The molecule has 1 atom stereocenters. The topological polar surface area (TPSA) is 79.4 Å². The summed E-state index contributed by atoms with van der Waals surface area (Å²) in [6.07, 6.45) is -1.52. The first kappa shape index (κ1) is 11.5. The fraction of sp³-hybridized carbons (Fsp3) is 0.400. The maximum absolute atomic E-state index is 11.4. The van der Waals surface area contributed by atoms with Gasteiger partial charge in [0.25, 0.3) is 5.56 Å². The number of hydrogen-bond donors (Lipinski definition) is 2. The van der Waals surface area contributed by atoms with E-state index < -0.39 is 17.6 Å². The van der Waals surface area contributed by atoms with E-state index in [0.717, 1.165) is 0 Å². The maximum Gasteiger partial charge on any atom is 0.339 e. The summed E-state index contributed by atoms with van der Waals surface area (Å²) in [7, 11) is 0. The van der Waals surface area contributed by atoms with Crippen molar-refractivity contribution in [2.45, 2.75) is 20.0 Å². The van der Waals surface area contributed by atoms with Crippen LogP contribution in [0.5, 0.6) is 0 Å². The second-order valence-corrected chi connectivity index (χ2v) is 3.08. The number of aliphatic hydroxyl groups is 1. The minimum absolute atomic E-state index is 0.000880. The van der Waals surface area contributed by atoms with Gasteiger partial charge in [-0.15, -0.1) is 0 Å². The largest absolute Gasteiger partial charge is 0.464 e. The molecule has 5 heteroatoms. The van der Waals surface area contributed by atoms with E-state index in [1.807, 2.05) is 0 Å². The van der Waals surface area contributed by atoms with Crippen molar-refractivity contribution in [3.8, 4) is 0 Å². The van der Waals surface area contributed by atoms with Crippen molar-refractivity contribution < 1.29 is 14.6 Å². The molecule has 82 valence electrons. The number of aryl methyl sites for hydroxylation is 1. The Morgan fingerprint density at radius 1 is 1.60 bits per heavy atom. The van der Waals surface area contributed by atoms with Gasteiger partial charge in [-0.1, -0.05) is 0 Å². The van der Waals surface area contributed by atoms with Crippen molar-refractivity contribution in [1.82, 2.24) is 4.98 Å². The Morgan fingerprint density at radius 2 is 2.27 bits per heavy atom. The summed E-state index contributed by atoms with van der Waals surface area (Å²) in [5, 5.41) is 9.50. The number of rotatable bonds is 3. The van der Waals surface area contributed by atoms with Gasteiger partial charge in [0, 0.05) is 5.69 Å². The van der Waals surface area contributed by atoms with Crippen molar-refractivity contribution in [2.75, 3.05) is 6.61 Å². The van der Waals surface area contributed by atoms with E-state index in [1.165, 1.54) is 6.07 Å². The molecule has 0 amide bonds. The Hall–Kier alpha value is -1.62. The van der Waals surface area contributed by atoms with Gasteiger partial charge < -0.3 is 14.8 Å². The lowest BCUT2D eigenvalue weighted by Gasteiger charge is -2.08. The standard InChI is InChI=1S/C10H13NO4/c1-3-15-10(14)8(12)7-5-4-6(2)11-9(7)13/h4-5,8,12H,3H2,1-2H3,(H,11,13). The summed E-state index contributed by atoms with van der Waals surface area (Å²) >= 11 is 0. The molecule has 0 radical (unpaired) electrons. The van der Waals surface area contributed by atoms with Gasteiger partial charge in [-0.3, -0.25) is 4.79 Å². The van der Waals surface area contributed by atoms with Crippen LogP contribution in [0.15, 0.2) is 16.9 Å². The molecule has 1 unspecified atom stereocenters. The van der Waals surface area contributed by atoms with Gasteiger partial charge in [0.15, 0.2) is 6.10 Å². The molecule has 2 N–H and O–H groups in total. The van der Waals surface area contributed by atoms with E-state index in [2.05, 4.69) is 9.72 Å². The molecule has 0 aliphatic rings. The van der Waals surface area contributed by atoms with Crippen LogP contribution in [-0.4, -0.2) is 22.7 Å². The smallest absolute Gasteiger partial charge is 0.339 e. The zero-order valence-corrected chi connectivity index (χ0v) is 8.61. The van der Waals surface area contributed by atoms with E-state index >= 15 is 0 Å². The molecule has 1 aromatic rings.